The fourth-order valence-corrected chi connectivity index (χ4v) is 1.89. The predicted molar refractivity (Wildman–Crippen MR) is 77.5 cm³/mol. The Balaban J connectivity index is 2.36. The average molecular weight is 267 g/mol. The van der Waals surface area contributed by atoms with Gasteiger partial charge in [0.15, 0.2) is 5.78 Å². The highest BCUT2D eigenvalue weighted by molar-refractivity contribution is 6.11. The first-order valence-corrected chi connectivity index (χ1v) is 6.11. The number of rotatable bonds is 4. The van der Waals surface area contributed by atoms with Crippen LogP contribution in [0.1, 0.15) is 22.8 Å². The van der Waals surface area contributed by atoms with Gasteiger partial charge in [0.05, 0.1) is 10.5 Å². The fourth-order valence-electron chi connectivity index (χ4n) is 1.89. The van der Waals surface area contributed by atoms with Crippen LogP contribution in [0.5, 0.6) is 0 Å². The third kappa shape index (κ3) is 2.98. The molecule has 0 spiro atoms. The van der Waals surface area contributed by atoms with Crippen LogP contribution < -0.4 is 0 Å². The molecule has 0 aliphatic carbocycles. The Hall–Kier alpha value is -2.75. The van der Waals surface area contributed by atoms with Crippen molar-refractivity contribution in [3.63, 3.8) is 0 Å². The topological polar surface area (TPSA) is 60.2 Å². The van der Waals surface area contributed by atoms with Crippen LogP contribution in [0.2, 0.25) is 0 Å². The van der Waals surface area contributed by atoms with Gasteiger partial charge in [-0.3, -0.25) is 14.9 Å². The zero-order chi connectivity index (χ0) is 14.5. The van der Waals surface area contributed by atoms with E-state index in [1.807, 2.05) is 6.07 Å². The minimum atomic E-state index is -0.452. The molecule has 0 bridgehead atoms. The van der Waals surface area contributed by atoms with E-state index in [2.05, 4.69) is 0 Å². The molecule has 0 saturated heterocycles. The summed E-state index contributed by atoms with van der Waals surface area (Å²) in [6.45, 7) is 1.66. The molecule has 2 aromatic rings. The van der Waals surface area contributed by atoms with Gasteiger partial charge in [0.25, 0.3) is 5.69 Å². The van der Waals surface area contributed by atoms with Crippen LogP contribution in [0.4, 0.5) is 5.69 Å². The van der Waals surface area contributed by atoms with Crippen molar-refractivity contribution in [2.45, 2.75) is 6.92 Å². The molecule has 0 unspecified atom stereocenters. The summed E-state index contributed by atoms with van der Waals surface area (Å²) in [5.74, 6) is -0.135. The zero-order valence-corrected chi connectivity index (χ0v) is 10.9. The fraction of sp³-hybridized carbons (Fsp3) is 0.0625. The third-order valence-electron chi connectivity index (χ3n) is 2.90. The highest BCUT2D eigenvalue weighted by atomic mass is 16.6. The molecule has 2 rings (SSSR count). The zero-order valence-electron chi connectivity index (χ0n) is 10.9. The van der Waals surface area contributed by atoms with E-state index in [0.717, 1.165) is 0 Å². The summed E-state index contributed by atoms with van der Waals surface area (Å²) in [5, 5.41) is 10.9. The van der Waals surface area contributed by atoms with Gasteiger partial charge >= 0.3 is 0 Å². The lowest BCUT2D eigenvalue weighted by Gasteiger charge is -2.02. The molecule has 0 radical (unpaired) electrons. The molecular formula is C16H13NO3. The number of Topliss-reactive ketones (excluding diaryl/α,β-unsaturated/α-hetero) is 1. The standard InChI is InChI=1S/C16H13NO3/c1-12(16(18)13-7-3-2-4-8-13)11-14-9-5-6-10-15(14)17(19)20/h2-11H,1H3/b12-11+. The number of hydrogen-bond acceptors (Lipinski definition) is 3. The summed E-state index contributed by atoms with van der Waals surface area (Å²) in [6.07, 6.45) is 1.55. The highest BCUT2D eigenvalue weighted by Gasteiger charge is 2.13. The van der Waals surface area contributed by atoms with E-state index in [1.165, 1.54) is 6.07 Å². The molecule has 100 valence electrons. The van der Waals surface area contributed by atoms with E-state index < -0.39 is 4.92 Å². The molecule has 0 N–H and O–H groups in total. The summed E-state index contributed by atoms with van der Waals surface area (Å²) >= 11 is 0. The van der Waals surface area contributed by atoms with E-state index in [0.29, 0.717) is 16.7 Å². The van der Waals surface area contributed by atoms with E-state index in [-0.39, 0.29) is 11.5 Å². The van der Waals surface area contributed by atoms with Gasteiger partial charge in [-0.15, -0.1) is 0 Å². The maximum absolute atomic E-state index is 12.2. The van der Waals surface area contributed by atoms with Gasteiger partial charge in [0.1, 0.15) is 0 Å². The molecule has 4 nitrogen and oxygen atoms in total. The molecule has 0 heterocycles. The molecule has 20 heavy (non-hydrogen) atoms. The number of nitro groups is 1. The number of ketones is 1. The van der Waals surface area contributed by atoms with Crippen molar-refractivity contribution in [2.24, 2.45) is 0 Å². The summed E-state index contributed by atoms with van der Waals surface area (Å²) < 4.78 is 0. The van der Waals surface area contributed by atoms with Crippen LogP contribution in [0, 0.1) is 10.1 Å². The number of nitrogens with zero attached hydrogens (tertiary/aromatic N) is 1. The van der Waals surface area contributed by atoms with Gasteiger partial charge in [-0.25, -0.2) is 0 Å². The first-order valence-electron chi connectivity index (χ1n) is 6.11. The summed E-state index contributed by atoms with van der Waals surface area (Å²) in [4.78, 5) is 22.7. The normalized spacial score (nSPS) is 11.2. The maximum Gasteiger partial charge on any atom is 0.276 e. The number of para-hydroxylation sites is 1. The predicted octanol–water partition coefficient (Wildman–Crippen LogP) is 3.88. The van der Waals surface area contributed by atoms with Gasteiger partial charge in [-0.2, -0.15) is 0 Å². The molecule has 0 aromatic heterocycles. The van der Waals surface area contributed by atoms with Crippen molar-refractivity contribution in [3.05, 3.63) is 81.4 Å². The SMILES string of the molecule is C/C(=C\c1ccccc1[N+](=O)[O-])C(=O)c1ccccc1. The Kier molecular flexibility index (Phi) is 4.05. The Bertz CT molecular complexity index is 675. The van der Waals surface area contributed by atoms with Crippen molar-refractivity contribution < 1.29 is 9.72 Å². The number of hydrogen-bond donors (Lipinski definition) is 0. The van der Waals surface area contributed by atoms with Crippen molar-refractivity contribution in [2.75, 3.05) is 0 Å². The lowest BCUT2D eigenvalue weighted by atomic mass is 10.0. The molecule has 0 fully saturated rings. The van der Waals surface area contributed by atoms with Crippen molar-refractivity contribution >= 4 is 17.5 Å². The molecule has 0 aliphatic rings. The highest BCUT2D eigenvalue weighted by Crippen LogP contribution is 2.21. The van der Waals surface area contributed by atoms with Crippen LogP contribution in [0.15, 0.2) is 60.2 Å². The van der Waals surface area contributed by atoms with E-state index in [9.17, 15) is 14.9 Å². The van der Waals surface area contributed by atoms with Crippen molar-refractivity contribution in [3.8, 4) is 0 Å². The summed E-state index contributed by atoms with van der Waals surface area (Å²) in [7, 11) is 0. The van der Waals surface area contributed by atoms with Crippen LogP contribution in [-0.2, 0) is 0 Å². The minimum Gasteiger partial charge on any atom is -0.289 e. The van der Waals surface area contributed by atoms with Crippen molar-refractivity contribution in [1.29, 1.82) is 0 Å². The van der Waals surface area contributed by atoms with Crippen LogP contribution in [0.25, 0.3) is 6.08 Å². The van der Waals surface area contributed by atoms with Crippen molar-refractivity contribution in [1.82, 2.24) is 0 Å². The van der Waals surface area contributed by atoms with Crippen LogP contribution in [-0.4, -0.2) is 10.7 Å². The monoisotopic (exact) mass is 267 g/mol. The second kappa shape index (κ2) is 5.93. The number of nitro benzene ring substituents is 1. The van der Waals surface area contributed by atoms with Gasteiger partial charge in [0, 0.05) is 11.6 Å². The third-order valence-corrected chi connectivity index (χ3v) is 2.90. The molecule has 0 amide bonds. The maximum atomic E-state index is 12.2. The molecule has 0 saturated carbocycles. The van der Waals surface area contributed by atoms with E-state index in [4.69, 9.17) is 0 Å². The number of carbonyl (C=O) groups is 1. The van der Waals surface area contributed by atoms with E-state index >= 15 is 0 Å². The minimum absolute atomic E-state index is 0.00675. The Morgan fingerprint density at radius 1 is 1.05 bits per heavy atom. The van der Waals surface area contributed by atoms with Gasteiger partial charge in [-0.1, -0.05) is 42.5 Å². The Labute approximate surface area is 116 Å². The Morgan fingerprint density at radius 2 is 1.65 bits per heavy atom. The molecular weight excluding hydrogens is 254 g/mol. The number of allylic oxidation sites excluding steroid dienone is 1. The van der Waals surface area contributed by atoms with Crippen LogP contribution in [0.3, 0.4) is 0 Å². The molecule has 2 aromatic carbocycles. The largest absolute Gasteiger partial charge is 0.289 e. The lowest BCUT2D eigenvalue weighted by Crippen LogP contribution is -2.00. The smallest absolute Gasteiger partial charge is 0.276 e. The number of benzene rings is 2. The molecule has 0 aliphatic heterocycles. The quantitative estimate of drug-likeness (QED) is 0.365. The summed E-state index contributed by atoms with van der Waals surface area (Å²) in [6, 6.07) is 15.2. The Morgan fingerprint density at radius 3 is 2.30 bits per heavy atom. The molecule has 4 heteroatoms. The summed E-state index contributed by atoms with van der Waals surface area (Å²) in [5.41, 5.74) is 1.46. The average Bonchev–Trinajstić information content (AvgIpc) is 2.47. The second-order valence-electron chi connectivity index (χ2n) is 4.34. The number of carbonyl (C=O) groups excluding carboxylic acids is 1. The van der Waals surface area contributed by atoms with Gasteiger partial charge < -0.3 is 0 Å². The van der Waals surface area contributed by atoms with Gasteiger partial charge in [-0.05, 0) is 24.6 Å². The van der Waals surface area contributed by atoms with E-state index in [1.54, 1.807) is 55.5 Å². The lowest BCUT2D eigenvalue weighted by molar-refractivity contribution is -0.385. The molecule has 0 atom stereocenters. The van der Waals surface area contributed by atoms with Crippen LogP contribution >= 0.6 is 0 Å². The second-order valence-corrected chi connectivity index (χ2v) is 4.34. The first kappa shape index (κ1) is 13.7. The van der Waals surface area contributed by atoms with Gasteiger partial charge in [0.2, 0.25) is 0 Å². The first-order chi connectivity index (χ1) is 9.59.